The van der Waals surface area contributed by atoms with Crippen LogP contribution in [0.5, 0.6) is 0 Å². The second kappa shape index (κ2) is 8.29. The van der Waals surface area contributed by atoms with Crippen LogP contribution < -0.4 is 0 Å². The molecular weight excluding hydrogens is 332 g/mol. The summed E-state index contributed by atoms with van der Waals surface area (Å²) >= 11 is 0. The zero-order valence-corrected chi connectivity index (χ0v) is 15.1. The minimum atomic E-state index is -0.913. The number of rotatable bonds is 7. The topological polar surface area (TPSA) is 68.2 Å². The Kier molecular flexibility index (Phi) is 6.06. The van der Waals surface area contributed by atoms with Crippen molar-refractivity contribution < 1.29 is 24.4 Å². The van der Waals surface area contributed by atoms with Gasteiger partial charge < -0.3 is 24.4 Å². The average molecular weight is 358 g/mol. The molecular formula is C21H26O5. The van der Waals surface area contributed by atoms with E-state index in [9.17, 15) is 10.2 Å². The van der Waals surface area contributed by atoms with Gasteiger partial charge >= 0.3 is 0 Å². The Labute approximate surface area is 154 Å². The van der Waals surface area contributed by atoms with Gasteiger partial charge in [-0.3, -0.25) is 0 Å². The molecule has 1 heterocycles. The number of aliphatic hydroxyl groups excluding tert-OH is 2. The van der Waals surface area contributed by atoms with Crippen LogP contribution in [0, 0.1) is 0 Å². The fourth-order valence-electron chi connectivity index (χ4n) is 3.17. The third kappa shape index (κ3) is 4.69. The normalized spacial score (nSPS) is 24.3. The van der Waals surface area contributed by atoms with Crippen LogP contribution in [-0.2, 0) is 20.8 Å². The molecule has 0 radical (unpaired) electrons. The highest BCUT2D eigenvalue weighted by atomic mass is 16.8. The summed E-state index contributed by atoms with van der Waals surface area (Å²) in [6.07, 6.45) is -3.17. The number of ether oxygens (including phenoxy) is 3. The SMILES string of the molecule is CC1(C)O[C@@H]([C@H](O)c2ccccc2)[C@@H]([C@H](O)COCc2ccccc2)O1. The summed E-state index contributed by atoms with van der Waals surface area (Å²) in [4.78, 5) is 0. The zero-order valence-electron chi connectivity index (χ0n) is 15.1. The molecule has 140 valence electrons. The molecule has 3 rings (SSSR count). The van der Waals surface area contributed by atoms with E-state index in [0.29, 0.717) is 6.61 Å². The van der Waals surface area contributed by atoms with E-state index in [-0.39, 0.29) is 6.61 Å². The second-order valence-corrected chi connectivity index (χ2v) is 6.99. The summed E-state index contributed by atoms with van der Waals surface area (Å²) in [5, 5.41) is 21.3. The van der Waals surface area contributed by atoms with Crippen molar-refractivity contribution in [1.82, 2.24) is 0 Å². The minimum absolute atomic E-state index is 0.0943. The van der Waals surface area contributed by atoms with E-state index >= 15 is 0 Å². The molecule has 1 fully saturated rings. The van der Waals surface area contributed by atoms with Crippen LogP contribution in [0.25, 0.3) is 0 Å². The largest absolute Gasteiger partial charge is 0.388 e. The number of hydrogen-bond donors (Lipinski definition) is 2. The van der Waals surface area contributed by atoms with Crippen molar-refractivity contribution in [2.75, 3.05) is 6.61 Å². The summed E-state index contributed by atoms with van der Waals surface area (Å²) in [5.74, 6) is -0.883. The Morgan fingerprint density at radius 1 is 0.923 bits per heavy atom. The van der Waals surface area contributed by atoms with Crippen LogP contribution in [0.1, 0.15) is 31.1 Å². The van der Waals surface area contributed by atoms with Gasteiger partial charge in [0.25, 0.3) is 0 Å². The van der Waals surface area contributed by atoms with Gasteiger partial charge in [-0.05, 0) is 25.0 Å². The summed E-state index contributed by atoms with van der Waals surface area (Å²) in [7, 11) is 0. The molecule has 0 unspecified atom stereocenters. The zero-order chi connectivity index (χ0) is 18.6. The molecule has 26 heavy (non-hydrogen) atoms. The second-order valence-electron chi connectivity index (χ2n) is 6.99. The molecule has 4 atom stereocenters. The third-order valence-corrected chi connectivity index (χ3v) is 4.40. The van der Waals surface area contributed by atoms with Crippen molar-refractivity contribution in [3.05, 3.63) is 71.8 Å². The van der Waals surface area contributed by atoms with Crippen molar-refractivity contribution in [1.29, 1.82) is 0 Å². The first-order chi connectivity index (χ1) is 12.5. The monoisotopic (exact) mass is 358 g/mol. The Bertz CT molecular complexity index is 673. The molecule has 1 aliphatic heterocycles. The molecule has 0 amide bonds. The quantitative estimate of drug-likeness (QED) is 0.797. The smallest absolute Gasteiger partial charge is 0.164 e. The maximum atomic E-state index is 10.7. The third-order valence-electron chi connectivity index (χ3n) is 4.40. The fourth-order valence-corrected chi connectivity index (χ4v) is 3.17. The van der Waals surface area contributed by atoms with Gasteiger partial charge in [-0.2, -0.15) is 0 Å². The van der Waals surface area contributed by atoms with Crippen molar-refractivity contribution in [2.24, 2.45) is 0 Å². The van der Waals surface area contributed by atoms with Crippen LogP contribution in [0.2, 0.25) is 0 Å². The van der Waals surface area contributed by atoms with Crippen LogP contribution >= 0.6 is 0 Å². The van der Waals surface area contributed by atoms with Crippen LogP contribution in [0.15, 0.2) is 60.7 Å². The molecule has 5 heteroatoms. The lowest BCUT2D eigenvalue weighted by atomic mass is 9.98. The number of aliphatic hydroxyl groups is 2. The Balaban J connectivity index is 1.63. The van der Waals surface area contributed by atoms with Gasteiger partial charge in [0.15, 0.2) is 5.79 Å². The average Bonchev–Trinajstić information content (AvgIpc) is 2.98. The highest BCUT2D eigenvalue weighted by molar-refractivity contribution is 5.19. The lowest BCUT2D eigenvalue weighted by molar-refractivity contribution is -0.163. The minimum Gasteiger partial charge on any atom is -0.388 e. The first-order valence-corrected chi connectivity index (χ1v) is 8.85. The molecule has 2 aromatic rings. The molecule has 0 aliphatic carbocycles. The standard InChI is InChI=1S/C21H26O5/c1-21(2)25-19(17(22)14-24-13-15-9-5-3-6-10-15)20(26-21)18(23)16-11-7-4-8-12-16/h3-12,17-20,22-23H,13-14H2,1-2H3/t17-,18-,19-,20+/m1/s1. The summed E-state index contributed by atoms with van der Waals surface area (Å²) in [6, 6.07) is 19.0. The molecule has 1 aliphatic rings. The summed E-state index contributed by atoms with van der Waals surface area (Å²) in [5.41, 5.74) is 1.76. The van der Waals surface area contributed by atoms with Crippen LogP contribution in [0.4, 0.5) is 0 Å². The van der Waals surface area contributed by atoms with Crippen LogP contribution in [-0.4, -0.2) is 40.9 Å². The van der Waals surface area contributed by atoms with E-state index in [1.807, 2.05) is 60.7 Å². The van der Waals surface area contributed by atoms with Crippen molar-refractivity contribution >= 4 is 0 Å². The van der Waals surface area contributed by atoms with E-state index in [1.54, 1.807) is 13.8 Å². The van der Waals surface area contributed by atoms with Gasteiger partial charge in [0.05, 0.1) is 13.2 Å². The van der Waals surface area contributed by atoms with Crippen LogP contribution in [0.3, 0.4) is 0 Å². The first kappa shape index (κ1) is 19.0. The fraction of sp³-hybridized carbons (Fsp3) is 0.429. The Morgan fingerprint density at radius 3 is 2.15 bits per heavy atom. The highest BCUT2D eigenvalue weighted by Crippen LogP contribution is 2.36. The molecule has 0 bridgehead atoms. The van der Waals surface area contributed by atoms with Gasteiger partial charge in [0, 0.05) is 0 Å². The van der Waals surface area contributed by atoms with E-state index in [4.69, 9.17) is 14.2 Å². The lowest BCUT2D eigenvalue weighted by Crippen LogP contribution is -2.41. The molecule has 2 aromatic carbocycles. The molecule has 0 saturated carbocycles. The maximum absolute atomic E-state index is 10.7. The molecule has 0 spiro atoms. The van der Waals surface area contributed by atoms with Gasteiger partial charge in [-0.1, -0.05) is 60.7 Å². The van der Waals surface area contributed by atoms with E-state index in [0.717, 1.165) is 11.1 Å². The van der Waals surface area contributed by atoms with Gasteiger partial charge in [-0.25, -0.2) is 0 Å². The maximum Gasteiger partial charge on any atom is 0.164 e. The number of hydrogen-bond acceptors (Lipinski definition) is 5. The first-order valence-electron chi connectivity index (χ1n) is 8.85. The van der Waals surface area contributed by atoms with Gasteiger partial charge in [-0.15, -0.1) is 0 Å². The number of benzene rings is 2. The highest BCUT2D eigenvalue weighted by Gasteiger charge is 2.48. The molecule has 2 N–H and O–H groups in total. The molecule has 5 nitrogen and oxygen atoms in total. The summed E-state index contributed by atoms with van der Waals surface area (Å²) in [6.45, 7) is 4.04. The van der Waals surface area contributed by atoms with E-state index < -0.39 is 30.2 Å². The Morgan fingerprint density at radius 2 is 1.50 bits per heavy atom. The van der Waals surface area contributed by atoms with Gasteiger partial charge in [0.1, 0.15) is 24.4 Å². The van der Waals surface area contributed by atoms with Crippen molar-refractivity contribution in [2.45, 2.75) is 50.7 Å². The summed E-state index contributed by atoms with van der Waals surface area (Å²) < 4.78 is 17.4. The van der Waals surface area contributed by atoms with E-state index in [2.05, 4.69) is 0 Å². The molecule has 1 saturated heterocycles. The Hall–Kier alpha value is -1.76. The molecule has 0 aromatic heterocycles. The predicted octanol–water partition coefficient (Wildman–Crippen LogP) is 2.82. The van der Waals surface area contributed by atoms with Gasteiger partial charge in [0.2, 0.25) is 0 Å². The van der Waals surface area contributed by atoms with Crippen molar-refractivity contribution in [3.8, 4) is 0 Å². The predicted molar refractivity (Wildman–Crippen MR) is 97.3 cm³/mol. The van der Waals surface area contributed by atoms with E-state index in [1.165, 1.54) is 0 Å². The van der Waals surface area contributed by atoms with Crippen molar-refractivity contribution in [3.63, 3.8) is 0 Å². The lowest BCUT2D eigenvalue weighted by Gasteiger charge is -2.26.